The van der Waals surface area contributed by atoms with Crippen molar-refractivity contribution >= 4 is 11.9 Å². The first-order valence-corrected chi connectivity index (χ1v) is 8.26. The molecule has 0 unspecified atom stereocenters. The minimum Gasteiger partial charge on any atom is -0.468 e. The van der Waals surface area contributed by atoms with Gasteiger partial charge < -0.3 is 9.47 Å². The van der Waals surface area contributed by atoms with Gasteiger partial charge in [-0.05, 0) is 42.7 Å². The molecule has 4 rings (SSSR count). The molecule has 0 radical (unpaired) electrons. The molecular weight excluding hydrogens is 292 g/mol. The number of rotatable bonds is 2. The van der Waals surface area contributed by atoms with Crippen LogP contribution < -0.4 is 0 Å². The Morgan fingerprint density at radius 2 is 1.96 bits per heavy atom. The van der Waals surface area contributed by atoms with Crippen molar-refractivity contribution in [3.05, 3.63) is 47.2 Å². The number of methoxy groups -OCH3 is 1. The number of hydrogen-bond donors (Lipinski definition) is 0. The van der Waals surface area contributed by atoms with Gasteiger partial charge in [0.25, 0.3) is 0 Å². The molecule has 1 saturated carbocycles. The molecule has 120 valence electrons. The summed E-state index contributed by atoms with van der Waals surface area (Å²) < 4.78 is 10.6. The Morgan fingerprint density at radius 1 is 1.22 bits per heavy atom. The van der Waals surface area contributed by atoms with Gasteiger partial charge in [-0.15, -0.1) is 0 Å². The Kier molecular flexibility index (Phi) is 3.29. The summed E-state index contributed by atoms with van der Waals surface area (Å²) in [6, 6.07) is 10.1. The highest BCUT2D eigenvalue weighted by Gasteiger charge is 2.69. The first kappa shape index (κ1) is 14.5. The zero-order chi connectivity index (χ0) is 16.0. The van der Waals surface area contributed by atoms with Crippen LogP contribution in [0.5, 0.6) is 0 Å². The van der Waals surface area contributed by atoms with Gasteiger partial charge in [-0.3, -0.25) is 9.59 Å². The standard InChI is InChI=1S/C19H20O4/c1-22-17(20)19-11-14(12-7-3-2-4-8-12)16(19)13-9-5-6-10-15(13)23-18(19)21/h2-4,7-8,14,16H,5-6,9-11H2,1H3/t14-,16+,19-/m0/s1. The zero-order valence-electron chi connectivity index (χ0n) is 13.2. The molecule has 4 heteroatoms. The van der Waals surface area contributed by atoms with Gasteiger partial charge >= 0.3 is 11.9 Å². The van der Waals surface area contributed by atoms with E-state index in [4.69, 9.17) is 9.47 Å². The number of allylic oxidation sites excluding steroid dienone is 2. The van der Waals surface area contributed by atoms with Crippen molar-refractivity contribution in [2.75, 3.05) is 7.11 Å². The molecule has 1 aromatic rings. The molecule has 0 saturated heterocycles. The number of benzene rings is 1. The summed E-state index contributed by atoms with van der Waals surface area (Å²) in [4.78, 5) is 25.1. The summed E-state index contributed by atoms with van der Waals surface area (Å²) in [5.41, 5.74) is 1.22. The van der Waals surface area contributed by atoms with Crippen LogP contribution in [0.1, 0.15) is 43.6 Å². The van der Waals surface area contributed by atoms with Gasteiger partial charge in [0.1, 0.15) is 5.76 Å². The third-order valence-corrected chi connectivity index (χ3v) is 5.67. The van der Waals surface area contributed by atoms with Crippen LogP contribution in [0.15, 0.2) is 41.7 Å². The molecule has 1 aromatic carbocycles. The molecule has 0 N–H and O–H groups in total. The van der Waals surface area contributed by atoms with Crippen LogP contribution >= 0.6 is 0 Å². The van der Waals surface area contributed by atoms with E-state index in [9.17, 15) is 9.59 Å². The molecule has 1 heterocycles. The summed E-state index contributed by atoms with van der Waals surface area (Å²) in [7, 11) is 1.35. The largest absolute Gasteiger partial charge is 0.468 e. The van der Waals surface area contributed by atoms with Crippen LogP contribution in [0.4, 0.5) is 0 Å². The van der Waals surface area contributed by atoms with E-state index >= 15 is 0 Å². The average Bonchev–Trinajstić information content (AvgIpc) is 2.56. The third kappa shape index (κ3) is 1.90. The van der Waals surface area contributed by atoms with Gasteiger partial charge in [-0.2, -0.15) is 0 Å². The number of hydrogen-bond acceptors (Lipinski definition) is 4. The summed E-state index contributed by atoms with van der Waals surface area (Å²) in [6.07, 6.45) is 4.32. The second kappa shape index (κ2) is 5.22. The van der Waals surface area contributed by atoms with Crippen molar-refractivity contribution in [3.8, 4) is 0 Å². The SMILES string of the molecule is COC(=O)[C@]12C[C@@H](c3ccccc3)[C@H]1C1=C(CCCC1)OC2=O. The van der Waals surface area contributed by atoms with E-state index in [0.29, 0.717) is 6.42 Å². The van der Waals surface area contributed by atoms with Crippen molar-refractivity contribution in [3.63, 3.8) is 0 Å². The van der Waals surface area contributed by atoms with Gasteiger partial charge in [-0.25, -0.2) is 0 Å². The predicted octanol–water partition coefficient (Wildman–Crippen LogP) is 3.33. The molecule has 4 nitrogen and oxygen atoms in total. The number of ether oxygens (including phenoxy) is 2. The molecule has 3 atom stereocenters. The second-order valence-electron chi connectivity index (χ2n) is 6.71. The van der Waals surface area contributed by atoms with Crippen molar-refractivity contribution in [1.82, 2.24) is 0 Å². The highest BCUT2D eigenvalue weighted by atomic mass is 16.6. The maximum Gasteiger partial charge on any atom is 0.329 e. The number of esters is 2. The molecule has 0 spiro atoms. The maximum atomic E-state index is 12.7. The van der Waals surface area contributed by atoms with Crippen molar-refractivity contribution in [1.29, 1.82) is 0 Å². The molecule has 23 heavy (non-hydrogen) atoms. The van der Waals surface area contributed by atoms with Crippen molar-refractivity contribution < 1.29 is 19.1 Å². The number of carbonyl (C=O) groups excluding carboxylic acids is 2. The molecule has 1 aliphatic heterocycles. The Labute approximate surface area is 135 Å². The number of carbonyl (C=O) groups is 2. The number of fused-ring (bicyclic) bond motifs is 2. The van der Waals surface area contributed by atoms with Gasteiger partial charge in [0.05, 0.1) is 7.11 Å². The van der Waals surface area contributed by atoms with Crippen LogP contribution in [-0.2, 0) is 19.1 Å². The molecule has 0 amide bonds. The van der Waals surface area contributed by atoms with E-state index in [1.807, 2.05) is 18.2 Å². The topological polar surface area (TPSA) is 52.6 Å². The quantitative estimate of drug-likeness (QED) is 0.621. The average molecular weight is 312 g/mol. The van der Waals surface area contributed by atoms with Crippen LogP contribution in [-0.4, -0.2) is 19.0 Å². The van der Waals surface area contributed by atoms with Crippen LogP contribution in [0.3, 0.4) is 0 Å². The highest BCUT2D eigenvalue weighted by molar-refractivity contribution is 6.03. The minimum atomic E-state index is -1.13. The van der Waals surface area contributed by atoms with Crippen molar-refractivity contribution in [2.24, 2.45) is 11.3 Å². The lowest BCUT2D eigenvalue weighted by Gasteiger charge is -2.55. The Hall–Kier alpha value is -2.10. The fourth-order valence-corrected chi connectivity index (χ4v) is 4.56. The van der Waals surface area contributed by atoms with Gasteiger partial charge in [0.2, 0.25) is 0 Å². The van der Waals surface area contributed by atoms with Gasteiger partial charge in [-0.1, -0.05) is 30.3 Å². The Morgan fingerprint density at radius 3 is 2.70 bits per heavy atom. The first-order valence-electron chi connectivity index (χ1n) is 8.26. The lowest BCUT2D eigenvalue weighted by Crippen LogP contribution is -2.60. The van der Waals surface area contributed by atoms with Crippen molar-refractivity contribution in [2.45, 2.75) is 38.0 Å². The predicted molar refractivity (Wildman–Crippen MR) is 83.3 cm³/mol. The highest BCUT2D eigenvalue weighted by Crippen LogP contribution is 2.64. The summed E-state index contributed by atoms with van der Waals surface area (Å²) >= 11 is 0. The molecule has 1 fully saturated rings. The summed E-state index contributed by atoms with van der Waals surface area (Å²) in [5, 5.41) is 0. The van der Waals surface area contributed by atoms with E-state index in [-0.39, 0.29) is 11.8 Å². The van der Waals surface area contributed by atoms with Crippen LogP contribution in [0.2, 0.25) is 0 Å². The molecule has 3 aliphatic rings. The lowest BCUT2D eigenvalue weighted by atomic mass is 9.48. The Balaban J connectivity index is 1.81. The van der Waals surface area contributed by atoms with E-state index in [1.54, 1.807) is 0 Å². The molecule has 0 bridgehead atoms. The summed E-state index contributed by atoms with van der Waals surface area (Å²) in [5.74, 6) is 0.0329. The van der Waals surface area contributed by atoms with E-state index in [0.717, 1.165) is 31.4 Å². The third-order valence-electron chi connectivity index (χ3n) is 5.67. The molecule has 0 aromatic heterocycles. The van der Waals surface area contributed by atoms with E-state index in [2.05, 4.69) is 12.1 Å². The van der Waals surface area contributed by atoms with Crippen LogP contribution in [0.25, 0.3) is 0 Å². The van der Waals surface area contributed by atoms with Gasteiger partial charge in [0, 0.05) is 12.3 Å². The van der Waals surface area contributed by atoms with E-state index in [1.165, 1.54) is 18.2 Å². The van der Waals surface area contributed by atoms with E-state index < -0.39 is 17.4 Å². The zero-order valence-corrected chi connectivity index (χ0v) is 13.2. The maximum absolute atomic E-state index is 12.7. The Bertz CT molecular complexity index is 691. The lowest BCUT2D eigenvalue weighted by molar-refractivity contribution is -0.187. The molecule has 2 aliphatic carbocycles. The smallest absolute Gasteiger partial charge is 0.329 e. The minimum absolute atomic E-state index is 0.103. The summed E-state index contributed by atoms with van der Waals surface area (Å²) in [6.45, 7) is 0. The normalized spacial score (nSPS) is 32.3. The first-order chi connectivity index (χ1) is 11.2. The second-order valence-corrected chi connectivity index (χ2v) is 6.71. The van der Waals surface area contributed by atoms with Crippen LogP contribution in [0, 0.1) is 11.3 Å². The van der Waals surface area contributed by atoms with Gasteiger partial charge in [0.15, 0.2) is 5.41 Å². The fraction of sp³-hybridized carbons (Fsp3) is 0.474. The fourth-order valence-electron chi connectivity index (χ4n) is 4.56. The molecular formula is C19H20O4. The monoisotopic (exact) mass is 312 g/mol.